The lowest BCUT2D eigenvalue weighted by Gasteiger charge is -2.27. The molecular weight excluding hydrogens is 270 g/mol. The van der Waals surface area contributed by atoms with E-state index in [9.17, 15) is 13.2 Å². The molecule has 0 bridgehead atoms. The summed E-state index contributed by atoms with van der Waals surface area (Å²) in [7, 11) is -2.09. The molecule has 1 fully saturated rings. The molecule has 2 unspecified atom stereocenters. The van der Waals surface area contributed by atoms with Crippen LogP contribution in [-0.2, 0) is 21.9 Å². The van der Waals surface area contributed by atoms with Gasteiger partial charge in [0.1, 0.15) is 0 Å². The van der Waals surface area contributed by atoms with Crippen LogP contribution in [0.3, 0.4) is 0 Å². The number of hydrogen-bond donors (Lipinski definition) is 2. The van der Waals surface area contributed by atoms with Crippen molar-refractivity contribution in [2.45, 2.75) is 36.8 Å². The summed E-state index contributed by atoms with van der Waals surface area (Å²) in [6, 6.07) is 1.09. The number of hydrogen-bond acceptors (Lipinski definition) is 4. The predicted molar refractivity (Wildman–Crippen MR) is 66.9 cm³/mol. The Morgan fingerprint density at radius 2 is 2.26 bits per heavy atom. The first-order valence-electron chi connectivity index (χ1n) is 6.13. The van der Waals surface area contributed by atoms with E-state index in [1.807, 2.05) is 0 Å². The molecule has 1 aromatic rings. The standard InChI is InChI=1S/C11H17N3O4S/c1-14-10(5-6-12-14)19(17,18)13-9-4-2-3-8(7-9)11(15)16/h5-6,8-9,13H,2-4,7H2,1H3,(H,15,16). The minimum Gasteiger partial charge on any atom is -0.481 e. The predicted octanol–water partition coefficient (Wildman–Crippen LogP) is 0.342. The first-order chi connectivity index (χ1) is 8.90. The number of sulfonamides is 1. The van der Waals surface area contributed by atoms with Gasteiger partial charge in [-0.15, -0.1) is 0 Å². The quantitative estimate of drug-likeness (QED) is 0.831. The molecule has 0 radical (unpaired) electrons. The molecule has 106 valence electrons. The summed E-state index contributed by atoms with van der Waals surface area (Å²) in [6.45, 7) is 0. The van der Waals surface area contributed by atoms with E-state index in [4.69, 9.17) is 5.11 Å². The molecule has 8 heteroatoms. The number of nitrogens with zero attached hydrogens (tertiary/aromatic N) is 2. The summed E-state index contributed by atoms with van der Waals surface area (Å²) in [6.07, 6.45) is 3.75. The van der Waals surface area contributed by atoms with Crippen molar-refractivity contribution in [3.8, 4) is 0 Å². The Balaban J connectivity index is 2.09. The number of aryl methyl sites for hydroxylation is 1. The van der Waals surface area contributed by atoms with E-state index in [-0.39, 0.29) is 11.1 Å². The summed E-state index contributed by atoms with van der Waals surface area (Å²) in [5.74, 6) is -1.32. The summed E-state index contributed by atoms with van der Waals surface area (Å²) in [5, 5.41) is 12.9. The van der Waals surface area contributed by atoms with Gasteiger partial charge in [0, 0.05) is 13.1 Å². The number of carbonyl (C=O) groups is 1. The van der Waals surface area contributed by atoms with Gasteiger partial charge in [0.15, 0.2) is 5.03 Å². The lowest BCUT2D eigenvalue weighted by molar-refractivity contribution is -0.143. The van der Waals surface area contributed by atoms with Crippen molar-refractivity contribution in [2.24, 2.45) is 13.0 Å². The fourth-order valence-electron chi connectivity index (χ4n) is 2.43. The second kappa shape index (κ2) is 5.30. The molecule has 1 aromatic heterocycles. The highest BCUT2D eigenvalue weighted by Crippen LogP contribution is 2.25. The molecule has 0 aliphatic heterocycles. The molecule has 2 atom stereocenters. The highest BCUT2D eigenvalue weighted by molar-refractivity contribution is 7.89. The van der Waals surface area contributed by atoms with Gasteiger partial charge in [0.2, 0.25) is 0 Å². The second-order valence-electron chi connectivity index (χ2n) is 4.81. The van der Waals surface area contributed by atoms with Crippen LogP contribution in [0.5, 0.6) is 0 Å². The van der Waals surface area contributed by atoms with Crippen molar-refractivity contribution in [1.29, 1.82) is 0 Å². The van der Waals surface area contributed by atoms with Crippen molar-refractivity contribution in [3.63, 3.8) is 0 Å². The SMILES string of the molecule is Cn1nccc1S(=O)(=O)NC1CCCC(C(=O)O)C1. The molecule has 0 amide bonds. The van der Waals surface area contributed by atoms with Crippen molar-refractivity contribution in [2.75, 3.05) is 0 Å². The number of rotatable bonds is 4. The lowest BCUT2D eigenvalue weighted by Crippen LogP contribution is -2.40. The molecule has 2 N–H and O–H groups in total. The highest BCUT2D eigenvalue weighted by Gasteiger charge is 2.30. The number of aromatic nitrogens is 2. The van der Waals surface area contributed by atoms with Crippen LogP contribution in [0, 0.1) is 5.92 Å². The van der Waals surface area contributed by atoms with Gasteiger partial charge < -0.3 is 5.11 Å². The van der Waals surface area contributed by atoms with Gasteiger partial charge in [-0.2, -0.15) is 5.10 Å². The number of carboxylic acids is 1. The van der Waals surface area contributed by atoms with Crippen LogP contribution in [0.15, 0.2) is 17.3 Å². The van der Waals surface area contributed by atoms with Crippen LogP contribution in [0.1, 0.15) is 25.7 Å². The Bertz CT molecular complexity index is 566. The van der Waals surface area contributed by atoms with Gasteiger partial charge in [-0.1, -0.05) is 6.42 Å². The van der Waals surface area contributed by atoms with E-state index in [1.54, 1.807) is 7.05 Å². The molecule has 1 aliphatic rings. The monoisotopic (exact) mass is 287 g/mol. The van der Waals surface area contributed by atoms with E-state index in [0.29, 0.717) is 19.3 Å². The number of carboxylic acid groups (broad SMARTS) is 1. The maximum atomic E-state index is 12.1. The fraction of sp³-hybridized carbons (Fsp3) is 0.636. The maximum absolute atomic E-state index is 12.1. The summed E-state index contributed by atoms with van der Waals surface area (Å²) < 4.78 is 28.1. The smallest absolute Gasteiger partial charge is 0.306 e. The van der Waals surface area contributed by atoms with Gasteiger partial charge in [-0.05, 0) is 25.3 Å². The third-order valence-corrected chi connectivity index (χ3v) is 4.99. The van der Waals surface area contributed by atoms with E-state index in [1.165, 1.54) is 16.9 Å². The summed E-state index contributed by atoms with van der Waals surface area (Å²) >= 11 is 0. The molecule has 0 aromatic carbocycles. The van der Waals surface area contributed by atoms with Crippen LogP contribution in [0.4, 0.5) is 0 Å². The van der Waals surface area contributed by atoms with E-state index >= 15 is 0 Å². The van der Waals surface area contributed by atoms with Gasteiger partial charge in [-0.25, -0.2) is 13.1 Å². The molecule has 0 saturated heterocycles. The minimum absolute atomic E-state index is 0.0879. The van der Waals surface area contributed by atoms with Crippen LogP contribution in [0.25, 0.3) is 0 Å². The molecule has 2 rings (SSSR count). The topological polar surface area (TPSA) is 101 Å². The van der Waals surface area contributed by atoms with E-state index in [0.717, 1.165) is 6.42 Å². The lowest BCUT2D eigenvalue weighted by atomic mass is 9.86. The Morgan fingerprint density at radius 3 is 2.84 bits per heavy atom. The Kier molecular flexibility index (Phi) is 3.91. The third-order valence-electron chi connectivity index (χ3n) is 3.40. The molecule has 1 aliphatic carbocycles. The molecule has 19 heavy (non-hydrogen) atoms. The summed E-state index contributed by atoms with van der Waals surface area (Å²) in [4.78, 5) is 11.0. The van der Waals surface area contributed by atoms with E-state index in [2.05, 4.69) is 9.82 Å². The van der Waals surface area contributed by atoms with Crippen molar-refractivity contribution < 1.29 is 18.3 Å². The molecule has 0 spiro atoms. The van der Waals surface area contributed by atoms with E-state index < -0.39 is 21.9 Å². The van der Waals surface area contributed by atoms with Crippen LogP contribution < -0.4 is 4.72 Å². The maximum Gasteiger partial charge on any atom is 0.306 e. The first-order valence-corrected chi connectivity index (χ1v) is 7.61. The highest BCUT2D eigenvalue weighted by atomic mass is 32.2. The summed E-state index contributed by atoms with van der Waals surface area (Å²) in [5.41, 5.74) is 0. The first kappa shape index (κ1) is 14.0. The Morgan fingerprint density at radius 1 is 1.53 bits per heavy atom. The van der Waals surface area contributed by atoms with Crippen molar-refractivity contribution in [3.05, 3.63) is 12.3 Å². The largest absolute Gasteiger partial charge is 0.481 e. The second-order valence-corrected chi connectivity index (χ2v) is 6.47. The molecular formula is C11H17N3O4S. The minimum atomic E-state index is -3.64. The van der Waals surface area contributed by atoms with Crippen molar-refractivity contribution in [1.82, 2.24) is 14.5 Å². The zero-order valence-electron chi connectivity index (χ0n) is 10.6. The Labute approximate surface area is 111 Å². The number of aliphatic carboxylic acids is 1. The average molecular weight is 287 g/mol. The van der Waals surface area contributed by atoms with Gasteiger partial charge in [-0.3, -0.25) is 9.48 Å². The van der Waals surface area contributed by atoms with Gasteiger partial charge in [0.05, 0.1) is 12.1 Å². The van der Waals surface area contributed by atoms with Gasteiger partial charge in [0.25, 0.3) is 10.0 Å². The zero-order valence-corrected chi connectivity index (χ0v) is 11.4. The average Bonchev–Trinajstić information content (AvgIpc) is 2.76. The van der Waals surface area contributed by atoms with Crippen LogP contribution in [-0.4, -0.2) is 35.3 Å². The normalized spacial score (nSPS) is 24.3. The zero-order chi connectivity index (χ0) is 14.0. The molecule has 1 saturated carbocycles. The Hall–Kier alpha value is -1.41. The third kappa shape index (κ3) is 3.13. The fourth-order valence-corrected chi connectivity index (χ4v) is 3.83. The van der Waals surface area contributed by atoms with Crippen LogP contribution in [0.2, 0.25) is 0 Å². The van der Waals surface area contributed by atoms with Crippen molar-refractivity contribution >= 4 is 16.0 Å². The van der Waals surface area contributed by atoms with Crippen LogP contribution >= 0.6 is 0 Å². The van der Waals surface area contributed by atoms with Gasteiger partial charge >= 0.3 is 5.97 Å². The molecule has 7 nitrogen and oxygen atoms in total. The number of nitrogens with one attached hydrogen (secondary N) is 1. The molecule has 1 heterocycles.